The second kappa shape index (κ2) is 4.80. The van der Waals surface area contributed by atoms with E-state index in [4.69, 9.17) is 17.3 Å². The van der Waals surface area contributed by atoms with Gasteiger partial charge in [0.1, 0.15) is 0 Å². The van der Waals surface area contributed by atoms with Crippen molar-refractivity contribution in [1.29, 1.82) is 0 Å². The van der Waals surface area contributed by atoms with Crippen LogP contribution in [0.5, 0.6) is 0 Å². The van der Waals surface area contributed by atoms with Crippen molar-refractivity contribution in [1.82, 2.24) is 4.90 Å². The molecule has 1 aromatic rings. The quantitative estimate of drug-likeness (QED) is 0.902. The summed E-state index contributed by atoms with van der Waals surface area (Å²) < 4.78 is 0. The van der Waals surface area contributed by atoms with Gasteiger partial charge >= 0.3 is 0 Å². The van der Waals surface area contributed by atoms with E-state index in [0.717, 1.165) is 44.3 Å². The van der Waals surface area contributed by atoms with Crippen LogP contribution >= 0.6 is 11.6 Å². The number of benzene rings is 1. The Balaban J connectivity index is 1.79. The van der Waals surface area contributed by atoms with E-state index in [2.05, 4.69) is 0 Å². The van der Waals surface area contributed by atoms with Crippen molar-refractivity contribution in [3.8, 4) is 0 Å². The molecule has 4 heteroatoms. The molecule has 2 fully saturated rings. The summed E-state index contributed by atoms with van der Waals surface area (Å²) in [7, 11) is 0. The molecule has 3 nitrogen and oxygen atoms in total. The molecule has 2 aliphatic rings. The number of carbonyl (C=O) groups excluding carboxylic acids is 1. The van der Waals surface area contributed by atoms with E-state index in [1.165, 1.54) is 0 Å². The Morgan fingerprint density at radius 1 is 1.32 bits per heavy atom. The van der Waals surface area contributed by atoms with Crippen LogP contribution in [0, 0.1) is 0 Å². The van der Waals surface area contributed by atoms with E-state index < -0.39 is 0 Å². The zero-order chi connectivity index (χ0) is 13.5. The lowest BCUT2D eigenvalue weighted by Crippen LogP contribution is -2.46. The first-order valence-electron chi connectivity index (χ1n) is 6.93. The van der Waals surface area contributed by atoms with Gasteiger partial charge in [0.2, 0.25) is 5.91 Å². The van der Waals surface area contributed by atoms with Crippen LogP contribution in [0.1, 0.15) is 31.2 Å². The first-order chi connectivity index (χ1) is 9.12. The molecule has 3 rings (SSSR count). The van der Waals surface area contributed by atoms with Crippen molar-refractivity contribution < 1.29 is 4.79 Å². The molecular formula is C15H19ClN2O. The second-order valence-electron chi connectivity index (χ2n) is 5.72. The number of hydrogen-bond donors (Lipinski definition) is 1. The third kappa shape index (κ3) is 2.37. The fraction of sp³-hybridized carbons (Fsp3) is 0.533. The number of nitrogens with zero attached hydrogens (tertiary/aromatic N) is 1. The SMILES string of the molecule is NC1CCN(C(=O)C2(c3cccc(Cl)c3)CC2)CC1. The first kappa shape index (κ1) is 12.9. The summed E-state index contributed by atoms with van der Waals surface area (Å²) in [5, 5.41) is 0.706. The molecule has 2 N–H and O–H groups in total. The molecule has 1 aliphatic heterocycles. The molecule has 1 saturated carbocycles. The van der Waals surface area contributed by atoms with Gasteiger partial charge in [-0.15, -0.1) is 0 Å². The van der Waals surface area contributed by atoms with Crippen molar-refractivity contribution in [2.45, 2.75) is 37.1 Å². The lowest BCUT2D eigenvalue weighted by Gasteiger charge is -2.33. The van der Waals surface area contributed by atoms with Gasteiger partial charge in [-0.25, -0.2) is 0 Å². The average molecular weight is 279 g/mol. The Morgan fingerprint density at radius 3 is 2.58 bits per heavy atom. The topological polar surface area (TPSA) is 46.3 Å². The van der Waals surface area contributed by atoms with Crippen LogP contribution in [0.2, 0.25) is 5.02 Å². The Hall–Kier alpha value is -1.06. The lowest BCUT2D eigenvalue weighted by atomic mass is 9.93. The van der Waals surface area contributed by atoms with Crippen molar-refractivity contribution in [2.75, 3.05) is 13.1 Å². The van der Waals surface area contributed by atoms with Crippen LogP contribution in [0.15, 0.2) is 24.3 Å². The Morgan fingerprint density at radius 2 is 2.00 bits per heavy atom. The molecule has 0 atom stereocenters. The van der Waals surface area contributed by atoms with E-state index in [1.54, 1.807) is 0 Å². The van der Waals surface area contributed by atoms with Crippen molar-refractivity contribution in [2.24, 2.45) is 5.73 Å². The van der Waals surface area contributed by atoms with Gasteiger partial charge in [0, 0.05) is 24.2 Å². The third-order valence-corrected chi connectivity index (χ3v) is 4.60. The predicted octanol–water partition coefficient (Wildman–Crippen LogP) is 2.32. The molecule has 0 spiro atoms. The molecule has 102 valence electrons. The highest BCUT2D eigenvalue weighted by molar-refractivity contribution is 6.30. The fourth-order valence-corrected chi connectivity index (χ4v) is 3.13. The van der Waals surface area contributed by atoms with Gasteiger partial charge in [-0.2, -0.15) is 0 Å². The molecule has 1 aromatic carbocycles. The summed E-state index contributed by atoms with van der Waals surface area (Å²) in [5.41, 5.74) is 6.67. The van der Waals surface area contributed by atoms with Gasteiger partial charge in [0.05, 0.1) is 5.41 Å². The van der Waals surface area contributed by atoms with Crippen LogP contribution in [0.25, 0.3) is 0 Å². The molecule has 19 heavy (non-hydrogen) atoms. The van der Waals surface area contributed by atoms with Crippen LogP contribution in [-0.2, 0) is 10.2 Å². The van der Waals surface area contributed by atoms with Crippen LogP contribution in [0.3, 0.4) is 0 Å². The molecule has 0 bridgehead atoms. The number of amides is 1. The number of likely N-dealkylation sites (tertiary alicyclic amines) is 1. The maximum Gasteiger partial charge on any atom is 0.233 e. The van der Waals surface area contributed by atoms with E-state index in [1.807, 2.05) is 29.2 Å². The van der Waals surface area contributed by atoms with Crippen LogP contribution in [-0.4, -0.2) is 29.9 Å². The Kier molecular flexibility index (Phi) is 3.27. The summed E-state index contributed by atoms with van der Waals surface area (Å²) in [6.07, 6.45) is 3.71. The molecule has 0 unspecified atom stereocenters. The summed E-state index contributed by atoms with van der Waals surface area (Å²) in [5.74, 6) is 0.265. The molecule has 1 amide bonds. The highest BCUT2D eigenvalue weighted by atomic mass is 35.5. The standard InChI is InChI=1S/C15H19ClN2O/c16-12-3-1-2-11(10-12)15(6-7-15)14(19)18-8-4-13(17)5-9-18/h1-3,10,13H,4-9,17H2. The molecule has 0 radical (unpaired) electrons. The van der Waals surface area contributed by atoms with E-state index in [-0.39, 0.29) is 17.4 Å². The smallest absolute Gasteiger partial charge is 0.233 e. The zero-order valence-corrected chi connectivity index (χ0v) is 11.7. The molecular weight excluding hydrogens is 260 g/mol. The van der Waals surface area contributed by atoms with Crippen LogP contribution < -0.4 is 5.73 Å². The number of halogens is 1. The molecule has 1 heterocycles. The zero-order valence-electron chi connectivity index (χ0n) is 10.9. The van der Waals surface area contributed by atoms with Gasteiger partial charge in [-0.3, -0.25) is 4.79 Å². The number of nitrogens with two attached hydrogens (primary N) is 1. The minimum atomic E-state index is -0.299. The van der Waals surface area contributed by atoms with Gasteiger partial charge in [-0.05, 0) is 43.4 Å². The summed E-state index contributed by atoms with van der Waals surface area (Å²) in [6.45, 7) is 1.59. The average Bonchev–Trinajstić information content (AvgIpc) is 3.20. The van der Waals surface area contributed by atoms with Crippen LogP contribution in [0.4, 0.5) is 0 Å². The van der Waals surface area contributed by atoms with Gasteiger partial charge in [0.15, 0.2) is 0 Å². The van der Waals surface area contributed by atoms with Crippen molar-refractivity contribution in [3.05, 3.63) is 34.9 Å². The van der Waals surface area contributed by atoms with Gasteiger partial charge in [-0.1, -0.05) is 23.7 Å². The van der Waals surface area contributed by atoms with E-state index in [0.29, 0.717) is 5.02 Å². The monoisotopic (exact) mass is 278 g/mol. The summed E-state index contributed by atoms with van der Waals surface area (Å²) in [4.78, 5) is 14.7. The summed E-state index contributed by atoms with van der Waals surface area (Å²) >= 11 is 6.05. The first-order valence-corrected chi connectivity index (χ1v) is 7.31. The lowest BCUT2D eigenvalue weighted by molar-refractivity contribution is -0.135. The Labute approximate surface area is 118 Å². The Bertz CT molecular complexity index is 491. The summed E-state index contributed by atoms with van der Waals surface area (Å²) in [6, 6.07) is 7.99. The largest absolute Gasteiger partial charge is 0.342 e. The third-order valence-electron chi connectivity index (χ3n) is 4.36. The highest BCUT2D eigenvalue weighted by Gasteiger charge is 2.53. The van der Waals surface area contributed by atoms with Gasteiger partial charge < -0.3 is 10.6 Å². The minimum Gasteiger partial charge on any atom is -0.342 e. The molecule has 1 aliphatic carbocycles. The normalized spacial score (nSPS) is 22.3. The highest BCUT2D eigenvalue weighted by Crippen LogP contribution is 2.50. The maximum absolute atomic E-state index is 12.7. The van der Waals surface area contributed by atoms with Gasteiger partial charge in [0.25, 0.3) is 0 Å². The second-order valence-corrected chi connectivity index (χ2v) is 6.16. The van der Waals surface area contributed by atoms with E-state index >= 15 is 0 Å². The fourth-order valence-electron chi connectivity index (χ4n) is 2.94. The number of rotatable bonds is 2. The van der Waals surface area contributed by atoms with Crippen molar-refractivity contribution >= 4 is 17.5 Å². The number of hydrogen-bond acceptors (Lipinski definition) is 2. The predicted molar refractivity (Wildman–Crippen MR) is 76.2 cm³/mol. The molecule has 1 saturated heterocycles. The number of piperidine rings is 1. The maximum atomic E-state index is 12.7. The van der Waals surface area contributed by atoms with Crippen molar-refractivity contribution in [3.63, 3.8) is 0 Å². The number of carbonyl (C=O) groups is 1. The minimum absolute atomic E-state index is 0.255. The molecule has 0 aromatic heterocycles. The van der Waals surface area contributed by atoms with E-state index in [9.17, 15) is 4.79 Å².